The molecule has 0 aliphatic carbocycles. The lowest BCUT2D eigenvalue weighted by Crippen LogP contribution is -2.51. The van der Waals surface area contributed by atoms with E-state index in [1.807, 2.05) is 0 Å². The maximum absolute atomic E-state index is 11.8. The maximum atomic E-state index is 11.8. The van der Waals surface area contributed by atoms with Gasteiger partial charge in [-0.05, 0) is 25.2 Å². The van der Waals surface area contributed by atoms with Crippen molar-refractivity contribution in [2.75, 3.05) is 19.7 Å². The first-order valence-electron chi connectivity index (χ1n) is 5.97. The Morgan fingerprint density at radius 1 is 1.53 bits per heavy atom. The predicted octanol–water partition coefficient (Wildman–Crippen LogP) is 0.263. The van der Waals surface area contributed by atoms with Gasteiger partial charge in [-0.1, -0.05) is 6.92 Å². The van der Waals surface area contributed by atoms with Gasteiger partial charge in [0.1, 0.15) is 6.04 Å². The molecule has 1 heterocycles. The van der Waals surface area contributed by atoms with Gasteiger partial charge in [-0.15, -0.1) is 0 Å². The lowest BCUT2D eigenvalue weighted by atomic mass is 9.99. The van der Waals surface area contributed by atoms with E-state index in [1.165, 1.54) is 0 Å². The number of aliphatic carboxylic acids is 1. The minimum absolute atomic E-state index is 0.0694. The molecule has 0 aromatic heterocycles. The van der Waals surface area contributed by atoms with Gasteiger partial charge in [-0.25, -0.2) is 9.59 Å². The topological polar surface area (TPSA) is 89.9 Å². The molecule has 0 saturated carbocycles. The summed E-state index contributed by atoms with van der Waals surface area (Å²) in [7, 11) is 0. The van der Waals surface area contributed by atoms with E-state index in [-0.39, 0.29) is 18.6 Å². The molecule has 1 aliphatic rings. The third-order valence-corrected chi connectivity index (χ3v) is 3.07. The molecule has 0 aromatic carbocycles. The second kappa shape index (κ2) is 6.44. The van der Waals surface area contributed by atoms with Gasteiger partial charge in [0.2, 0.25) is 0 Å². The SMILES string of the molecule is CC[C@H](NC(=O)N1CCCC(CO)C1)C(=O)O. The molecule has 0 bridgehead atoms. The lowest BCUT2D eigenvalue weighted by Gasteiger charge is -2.32. The van der Waals surface area contributed by atoms with E-state index in [2.05, 4.69) is 5.32 Å². The molecule has 1 unspecified atom stereocenters. The summed E-state index contributed by atoms with van der Waals surface area (Å²) in [5.41, 5.74) is 0. The van der Waals surface area contributed by atoms with E-state index in [9.17, 15) is 9.59 Å². The Bertz CT molecular complexity index is 283. The van der Waals surface area contributed by atoms with Crippen molar-refractivity contribution in [3.8, 4) is 0 Å². The lowest BCUT2D eigenvalue weighted by molar-refractivity contribution is -0.139. The van der Waals surface area contributed by atoms with Crippen LogP contribution in [0.15, 0.2) is 0 Å². The Labute approximate surface area is 101 Å². The molecule has 6 heteroatoms. The molecule has 1 fully saturated rings. The van der Waals surface area contributed by atoms with Crippen molar-refractivity contribution < 1.29 is 19.8 Å². The number of hydrogen-bond donors (Lipinski definition) is 3. The Balaban J connectivity index is 2.48. The van der Waals surface area contributed by atoms with Crippen molar-refractivity contribution in [2.24, 2.45) is 5.92 Å². The number of rotatable bonds is 4. The number of carboxylic acids is 1. The Morgan fingerprint density at radius 2 is 2.24 bits per heavy atom. The van der Waals surface area contributed by atoms with Crippen molar-refractivity contribution in [1.82, 2.24) is 10.2 Å². The third kappa shape index (κ3) is 3.89. The molecule has 3 N–H and O–H groups in total. The first-order valence-corrected chi connectivity index (χ1v) is 5.97. The Kier molecular flexibility index (Phi) is 5.21. The number of likely N-dealkylation sites (tertiary alicyclic amines) is 1. The van der Waals surface area contributed by atoms with Crippen molar-refractivity contribution >= 4 is 12.0 Å². The second-order valence-electron chi connectivity index (χ2n) is 4.39. The van der Waals surface area contributed by atoms with E-state index < -0.39 is 12.0 Å². The first kappa shape index (κ1) is 13.8. The zero-order valence-electron chi connectivity index (χ0n) is 10.1. The normalized spacial score (nSPS) is 22.0. The van der Waals surface area contributed by atoms with Gasteiger partial charge in [0.05, 0.1) is 0 Å². The molecule has 6 nitrogen and oxygen atoms in total. The van der Waals surface area contributed by atoms with Crippen LogP contribution in [0.5, 0.6) is 0 Å². The largest absolute Gasteiger partial charge is 0.480 e. The molecule has 2 amide bonds. The number of carbonyl (C=O) groups is 2. The van der Waals surface area contributed by atoms with E-state index >= 15 is 0 Å². The summed E-state index contributed by atoms with van der Waals surface area (Å²) < 4.78 is 0. The third-order valence-electron chi connectivity index (χ3n) is 3.07. The van der Waals surface area contributed by atoms with Crippen LogP contribution in [0.4, 0.5) is 4.79 Å². The average molecular weight is 244 g/mol. The number of nitrogens with one attached hydrogen (secondary N) is 1. The fraction of sp³-hybridized carbons (Fsp3) is 0.818. The number of amides is 2. The van der Waals surface area contributed by atoms with Gasteiger partial charge in [0.25, 0.3) is 0 Å². The monoisotopic (exact) mass is 244 g/mol. The van der Waals surface area contributed by atoms with Crippen molar-refractivity contribution in [2.45, 2.75) is 32.2 Å². The van der Waals surface area contributed by atoms with E-state index in [0.29, 0.717) is 19.5 Å². The Hall–Kier alpha value is -1.30. The van der Waals surface area contributed by atoms with Crippen LogP contribution in [0, 0.1) is 5.92 Å². The number of carboxylic acid groups (broad SMARTS) is 1. The highest BCUT2D eigenvalue weighted by Gasteiger charge is 2.26. The van der Waals surface area contributed by atoms with Gasteiger partial charge in [0, 0.05) is 19.7 Å². The molecule has 1 aliphatic heterocycles. The highest BCUT2D eigenvalue weighted by molar-refractivity contribution is 5.82. The summed E-state index contributed by atoms with van der Waals surface area (Å²) in [6.45, 7) is 2.91. The van der Waals surface area contributed by atoms with Crippen LogP contribution in [-0.2, 0) is 4.79 Å². The summed E-state index contributed by atoms with van der Waals surface area (Å²) >= 11 is 0. The van der Waals surface area contributed by atoms with Gasteiger partial charge >= 0.3 is 12.0 Å². The summed E-state index contributed by atoms with van der Waals surface area (Å²) in [6.07, 6.45) is 2.12. The second-order valence-corrected chi connectivity index (χ2v) is 4.39. The van der Waals surface area contributed by atoms with Crippen LogP contribution < -0.4 is 5.32 Å². The van der Waals surface area contributed by atoms with Crippen LogP contribution >= 0.6 is 0 Å². The standard InChI is InChI=1S/C11H20N2O4/c1-2-9(10(15)16)12-11(17)13-5-3-4-8(6-13)7-14/h8-9,14H,2-7H2,1H3,(H,12,17)(H,15,16)/t8?,9-/m0/s1. The highest BCUT2D eigenvalue weighted by Crippen LogP contribution is 2.15. The molecule has 0 spiro atoms. The fourth-order valence-electron chi connectivity index (χ4n) is 1.98. The molecule has 1 saturated heterocycles. The zero-order valence-corrected chi connectivity index (χ0v) is 10.1. The van der Waals surface area contributed by atoms with Crippen molar-refractivity contribution in [3.63, 3.8) is 0 Å². The zero-order chi connectivity index (χ0) is 12.8. The van der Waals surface area contributed by atoms with E-state index in [0.717, 1.165) is 12.8 Å². The van der Waals surface area contributed by atoms with E-state index in [1.54, 1.807) is 11.8 Å². The van der Waals surface area contributed by atoms with Gasteiger partial charge < -0.3 is 20.4 Å². The fourth-order valence-corrected chi connectivity index (χ4v) is 1.98. The predicted molar refractivity (Wildman–Crippen MR) is 61.6 cm³/mol. The molecule has 98 valence electrons. The van der Waals surface area contributed by atoms with Gasteiger partial charge in [-0.3, -0.25) is 0 Å². The molecule has 0 radical (unpaired) electrons. The number of carbonyl (C=O) groups excluding carboxylic acids is 1. The molecule has 17 heavy (non-hydrogen) atoms. The van der Waals surface area contributed by atoms with Crippen molar-refractivity contribution in [1.29, 1.82) is 0 Å². The number of aliphatic hydroxyl groups excluding tert-OH is 1. The quantitative estimate of drug-likeness (QED) is 0.662. The maximum Gasteiger partial charge on any atom is 0.326 e. The van der Waals surface area contributed by atoms with Gasteiger partial charge in [-0.2, -0.15) is 0 Å². The van der Waals surface area contributed by atoms with Crippen LogP contribution in [0.3, 0.4) is 0 Å². The summed E-state index contributed by atoms with van der Waals surface area (Å²) in [6, 6.07) is -1.19. The molecule has 2 atom stereocenters. The summed E-state index contributed by atoms with van der Waals surface area (Å²) in [5.74, 6) is -0.907. The van der Waals surface area contributed by atoms with Crippen LogP contribution in [0.1, 0.15) is 26.2 Å². The van der Waals surface area contributed by atoms with Crippen LogP contribution in [0.2, 0.25) is 0 Å². The van der Waals surface area contributed by atoms with Crippen LogP contribution in [0.25, 0.3) is 0 Å². The van der Waals surface area contributed by atoms with E-state index in [4.69, 9.17) is 10.2 Å². The number of urea groups is 1. The Morgan fingerprint density at radius 3 is 2.76 bits per heavy atom. The van der Waals surface area contributed by atoms with Crippen molar-refractivity contribution in [3.05, 3.63) is 0 Å². The molecule has 1 rings (SSSR count). The summed E-state index contributed by atoms with van der Waals surface area (Å²) in [5, 5.41) is 20.4. The molecular weight excluding hydrogens is 224 g/mol. The summed E-state index contributed by atoms with van der Waals surface area (Å²) in [4.78, 5) is 24.2. The van der Waals surface area contributed by atoms with Crippen LogP contribution in [-0.4, -0.2) is 52.9 Å². The molecule has 0 aromatic rings. The smallest absolute Gasteiger partial charge is 0.326 e. The average Bonchev–Trinajstić information content (AvgIpc) is 2.35. The number of nitrogens with zero attached hydrogens (tertiary/aromatic N) is 1. The minimum atomic E-state index is -1.02. The molecular formula is C11H20N2O4. The number of aliphatic hydroxyl groups is 1. The first-order chi connectivity index (χ1) is 8.08. The highest BCUT2D eigenvalue weighted by atomic mass is 16.4. The minimum Gasteiger partial charge on any atom is -0.480 e. The number of piperidine rings is 1. The van der Waals surface area contributed by atoms with Gasteiger partial charge in [0.15, 0.2) is 0 Å². The number of hydrogen-bond acceptors (Lipinski definition) is 3.